The first-order valence-electron chi connectivity index (χ1n) is 8.35. The molecule has 1 aromatic carbocycles. The average molecular weight is 489 g/mol. The van der Waals surface area contributed by atoms with E-state index in [0.717, 1.165) is 42.7 Å². The number of halogens is 3. The Morgan fingerprint density at radius 1 is 1.37 bits per heavy atom. The molecular weight excluding hydrogens is 467 g/mol. The number of nitrogens with zero attached hydrogens (tertiary/aromatic N) is 3. The molecule has 0 aliphatic carbocycles. The van der Waals surface area contributed by atoms with Gasteiger partial charge in [-0.2, -0.15) is 0 Å². The van der Waals surface area contributed by atoms with Gasteiger partial charge in [0, 0.05) is 25.4 Å². The van der Waals surface area contributed by atoms with E-state index in [1.54, 1.807) is 6.20 Å². The Balaban J connectivity index is 0.00000261. The lowest BCUT2D eigenvalue weighted by atomic mass is 10.2. The van der Waals surface area contributed by atoms with E-state index in [0.29, 0.717) is 6.61 Å². The van der Waals surface area contributed by atoms with Crippen molar-refractivity contribution in [3.63, 3.8) is 0 Å². The molecule has 0 spiro atoms. The minimum absolute atomic E-state index is 0. The number of pyridine rings is 1. The minimum Gasteiger partial charge on any atom is -0.375 e. The molecule has 27 heavy (non-hydrogen) atoms. The van der Waals surface area contributed by atoms with Crippen LogP contribution >= 0.6 is 24.0 Å². The van der Waals surface area contributed by atoms with E-state index in [4.69, 9.17) is 10.5 Å². The van der Waals surface area contributed by atoms with E-state index in [9.17, 15) is 8.78 Å². The lowest BCUT2D eigenvalue weighted by Crippen LogP contribution is -2.41. The molecule has 3 N–H and O–H groups in total. The molecule has 1 unspecified atom stereocenters. The molecule has 0 bridgehead atoms. The summed E-state index contributed by atoms with van der Waals surface area (Å²) in [6.07, 6.45) is 1.92. The number of rotatable bonds is 4. The molecule has 2 heterocycles. The van der Waals surface area contributed by atoms with Crippen LogP contribution in [0.1, 0.15) is 12.5 Å². The summed E-state index contributed by atoms with van der Waals surface area (Å²) in [5.74, 6) is -0.268. The first-order chi connectivity index (χ1) is 12.5. The number of hydrogen-bond donors (Lipinski definition) is 2. The third-order valence-corrected chi connectivity index (χ3v) is 4.00. The summed E-state index contributed by atoms with van der Waals surface area (Å²) in [6, 6.07) is 6.94. The van der Waals surface area contributed by atoms with Gasteiger partial charge in [0.05, 0.1) is 24.9 Å². The van der Waals surface area contributed by atoms with Crippen LogP contribution < -0.4 is 16.0 Å². The summed E-state index contributed by atoms with van der Waals surface area (Å²) >= 11 is 0. The van der Waals surface area contributed by atoms with E-state index >= 15 is 0 Å². The number of ether oxygens (including phenoxy) is 1. The maximum absolute atomic E-state index is 13.6. The highest BCUT2D eigenvalue weighted by Gasteiger charge is 2.17. The van der Waals surface area contributed by atoms with Crippen molar-refractivity contribution in [1.82, 2.24) is 4.98 Å². The van der Waals surface area contributed by atoms with Crippen LogP contribution in [0.5, 0.6) is 0 Å². The molecule has 0 amide bonds. The van der Waals surface area contributed by atoms with Gasteiger partial charge in [-0.25, -0.2) is 18.8 Å². The van der Waals surface area contributed by atoms with Crippen molar-refractivity contribution in [2.24, 2.45) is 10.7 Å². The van der Waals surface area contributed by atoms with E-state index < -0.39 is 11.6 Å². The Bertz CT molecular complexity index is 788. The first kappa shape index (κ1) is 21.3. The molecule has 3 rings (SSSR count). The largest absolute Gasteiger partial charge is 0.375 e. The van der Waals surface area contributed by atoms with Gasteiger partial charge in [0.1, 0.15) is 17.5 Å². The number of nitrogens with one attached hydrogen (secondary N) is 1. The molecule has 0 saturated carbocycles. The molecule has 1 aliphatic heterocycles. The summed E-state index contributed by atoms with van der Waals surface area (Å²) in [5, 5.41) is 2.56. The molecule has 146 valence electrons. The molecule has 2 aromatic rings. The van der Waals surface area contributed by atoms with Crippen LogP contribution in [0.3, 0.4) is 0 Å². The molecule has 0 radical (unpaired) electrons. The zero-order valence-corrected chi connectivity index (χ0v) is 17.2. The third kappa shape index (κ3) is 5.99. The molecular formula is C18H22F2IN5O. The quantitative estimate of drug-likeness (QED) is 0.392. The van der Waals surface area contributed by atoms with Crippen molar-refractivity contribution < 1.29 is 13.5 Å². The van der Waals surface area contributed by atoms with E-state index in [1.807, 2.05) is 19.1 Å². The molecule has 1 aromatic heterocycles. The smallest absolute Gasteiger partial charge is 0.193 e. The van der Waals surface area contributed by atoms with Gasteiger partial charge in [-0.05, 0) is 30.7 Å². The molecule has 1 atom stereocenters. The highest BCUT2D eigenvalue weighted by atomic mass is 127. The van der Waals surface area contributed by atoms with Gasteiger partial charge in [-0.3, -0.25) is 0 Å². The molecule has 1 aliphatic rings. The lowest BCUT2D eigenvalue weighted by Gasteiger charge is -2.32. The van der Waals surface area contributed by atoms with Crippen LogP contribution in [-0.4, -0.2) is 36.7 Å². The van der Waals surface area contributed by atoms with Crippen LogP contribution in [0.2, 0.25) is 0 Å². The number of anilines is 2. The van der Waals surface area contributed by atoms with E-state index in [1.165, 1.54) is 0 Å². The van der Waals surface area contributed by atoms with Gasteiger partial charge in [0.15, 0.2) is 5.96 Å². The number of aliphatic imine (C=N–C) groups is 1. The normalized spacial score (nSPS) is 17.4. The summed E-state index contributed by atoms with van der Waals surface area (Å²) in [7, 11) is 0. The van der Waals surface area contributed by atoms with Crippen LogP contribution in [0.4, 0.5) is 20.3 Å². The lowest BCUT2D eigenvalue weighted by molar-refractivity contribution is 0.0529. The van der Waals surface area contributed by atoms with E-state index in [-0.39, 0.29) is 48.3 Å². The summed E-state index contributed by atoms with van der Waals surface area (Å²) in [5.41, 5.74) is 6.55. The van der Waals surface area contributed by atoms with Gasteiger partial charge >= 0.3 is 0 Å². The van der Waals surface area contributed by atoms with Crippen molar-refractivity contribution in [3.8, 4) is 0 Å². The van der Waals surface area contributed by atoms with Crippen molar-refractivity contribution >= 4 is 41.4 Å². The number of nitrogens with two attached hydrogens (primary N) is 1. The maximum Gasteiger partial charge on any atom is 0.193 e. The zero-order chi connectivity index (χ0) is 18.5. The Morgan fingerprint density at radius 2 is 2.19 bits per heavy atom. The Kier molecular flexibility index (Phi) is 7.72. The first-order valence-corrected chi connectivity index (χ1v) is 8.35. The standard InChI is InChI=1S/C18H21F2N5O.HI/c1-12-11-25(6-7-26-12)17-5-2-13(9-22-17)10-23-18(21)24-16-8-14(19)3-4-15(16)20;/h2-5,8-9,12H,6-7,10-11H2,1H3,(H3,21,23,24);1H. The van der Waals surface area contributed by atoms with Gasteiger partial charge in [0.25, 0.3) is 0 Å². The monoisotopic (exact) mass is 489 g/mol. The maximum atomic E-state index is 13.6. The van der Waals surface area contributed by atoms with E-state index in [2.05, 4.69) is 20.2 Å². The molecule has 1 saturated heterocycles. The number of morpholine rings is 1. The SMILES string of the molecule is CC1CN(c2ccc(CN=C(N)Nc3cc(F)ccc3F)cn2)CCO1.I. The van der Waals surface area contributed by atoms with Gasteiger partial charge in [-0.15, -0.1) is 24.0 Å². The van der Waals surface area contributed by atoms with Crippen molar-refractivity contribution in [2.75, 3.05) is 29.9 Å². The number of benzene rings is 1. The fraction of sp³-hybridized carbons (Fsp3) is 0.333. The molecule has 9 heteroatoms. The number of aromatic nitrogens is 1. The Labute approximate surface area is 173 Å². The van der Waals surface area contributed by atoms with Crippen LogP contribution in [0.15, 0.2) is 41.5 Å². The minimum atomic E-state index is -0.602. The van der Waals surface area contributed by atoms with Gasteiger partial charge in [-0.1, -0.05) is 6.07 Å². The van der Waals surface area contributed by atoms with Crippen LogP contribution in [0, 0.1) is 11.6 Å². The fourth-order valence-electron chi connectivity index (χ4n) is 2.67. The second kappa shape index (κ2) is 9.79. The number of hydrogen-bond acceptors (Lipinski definition) is 4. The Hall–Kier alpha value is -2.01. The second-order valence-corrected chi connectivity index (χ2v) is 6.10. The third-order valence-electron chi connectivity index (χ3n) is 4.00. The molecule has 6 nitrogen and oxygen atoms in total. The zero-order valence-electron chi connectivity index (χ0n) is 14.9. The van der Waals surface area contributed by atoms with Crippen molar-refractivity contribution in [3.05, 3.63) is 53.7 Å². The highest BCUT2D eigenvalue weighted by Crippen LogP contribution is 2.17. The molecule has 1 fully saturated rings. The topological polar surface area (TPSA) is 75.8 Å². The van der Waals surface area contributed by atoms with Gasteiger partial charge < -0.3 is 20.7 Å². The van der Waals surface area contributed by atoms with Crippen LogP contribution in [0.25, 0.3) is 0 Å². The summed E-state index contributed by atoms with van der Waals surface area (Å²) < 4.78 is 32.3. The second-order valence-electron chi connectivity index (χ2n) is 6.10. The predicted molar refractivity (Wildman–Crippen MR) is 113 cm³/mol. The average Bonchev–Trinajstić information content (AvgIpc) is 2.63. The highest BCUT2D eigenvalue weighted by molar-refractivity contribution is 14.0. The van der Waals surface area contributed by atoms with Crippen molar-refractivity contribution in [2.45, 2.75) is 19.6 Å². The van der Waals surface area contributed by atoms with Gasteiger partial charge in [0.2, 0.25) is 0 Å². The Morgan fingerprint density at radius 3 is 2.89 bits per heavy atom. The van der Waals surface area contributed by atoms with Crippen LogP contribution in [-0.2, 0) is 11.3 Å². The fourth-order valence-corrected chi connectivity index (χ4v) is 2.67. The van der Waals surface area contributed by atoms with Crippen molar-refractivity contribution in [1.29, 1.82) is 0 Å². The summed E-state index contributed by atoms with van der Waals surface area (Å²) in [6.45, 7) is 4.62. The number of guanidine groups is 1. The predicted octanol–water partition coefficient (Wildman–Crippen LogP) is 3.13. The summed E-state index contributed by atoms with van der Waals surface area (Å²) in [4.78, 5) is 10.8.